The molecule has 11 heteroatoms. The third kappa shape index (κ3) is 11.8. The van der Waals surface area contributed by atoms with Crippen LogP contribution in [-0.4, -0.2) is 79.1 Å². The van der Waals surface area contributed by atoms with Gasteiger partial charge in [0.1, 0.15) is 6.61 Å². The van der Waals surface area contributed by atoms with Gasteiger partial charge in [-0.2, -0.15) is 13.2 Å². The fourth-order valence-corrected chi connectivity index (χ4v) is 2.87. The summed E-state index contributed by atoms with van der Waals surface area (Å²) >= 11 is 0. The summed E-state index contributed by atoms with van der Waals surface area (Å²) in [7, 11) is 1.61. The summed E-state index contributed by atoms with van der Waals surface area (Å²) in [5.74, 6) is -0.617. The number of carbonyl (C=O) groups excluding carboxylic acids is 1. The molecule has 0 amide bonds. The van der Waals surface area contributed by atoms with E-state index in [1.54, 1.807) is 25.3 Å². The monoisotopic (exact) mass is 515 g/mol. The van der Waals surface area contributed by atoms with Crippen LogP contribution in [0.3, 0.4) is 0 Å². The molecule has 0 atom stereocenters. The lowest BCUT2D eigenvalue weighted by atomic mass is 10.1. The molecule has 0 aliphatic carbocycles. The van der Waals surface area contributed by atoms with Gasteiger partial charge in [-0.3, -0.25) is 0 Å². The molecule has 36 heavy (non-hydrogen) atoms. The van der Waals surface area contributed by atoms with Crippen LogP contribution in [-0.2, 0) is 34.6 Å². The Hall–Kier alpha value is -2.70. The predicted octanol–water partition coefficient (Wildman–Crippen LogP) is 4.32. The van der Waals surface area contributed by atoms with E-state index in [0.29, 0.717) is 58.5 Å². The Kier molecular flexibility index (Phi) is 13.8. The molecule has 0 saturated carbocycles. The van der Waals surface area contributed by atoms with Crippen LogP contribution in [0.25, 0.3) is 0 Å². The minimum atomic E-state index is -4.46. The molecule has 0 radical (unpaired) electrons. The van der Waals surface area contributed by atoms with Gasteiger partial charge in [0.2, 0.25) is 0 Å². The fraction of sp³-hybridized carbons (Fsp3) is 0.480. The van der Waals surface area contributed by atoms with E-state index < -0.39 is 17.7 Å². The van der Waals surface area contributed by atoms with Crippen molar-refractivity contribution in [3.63, 3.8) is 0 Å². The van der Waals surface area contributed by atoms with Gasteiger partial charge in [-0.15, -0.1) is 0 Å². The SMILES string of the molecule is COCCOCCOCCOCCOCCOC(=O)c1ccccc1Nc1cccc(C(F)(F)F)c1. The second-order valence-corrected chi connectivity index (χ2v) is 7.33. The molecule has 2 rings (SSSR count). The maximum atomic E-state index is 13.0. The van der Waals surface area contributed by atoms with E-state index >= 15 is 0 Å². The van der Waals surface area contributed by atoms with Gasteiger partial charge in [0.15, 0.2) is 0 Å². The minimum Gasteiger partial charge on any atom is -0.460 e. The summed E-state index contributed by atoms with van der Waals surface area (Å²) in [5.41, 5.74) is -0.0546. The van der Waals surface area contributed by atoms with Gasteiger partial charge >= 0.3 is 12.1 Å². The molecule has 0 bridgehead atoms. The van der Waals surface area contributed by atoms with E-state index in [-0.39, 0.29) is 24.5 Å². The predicted molar refractivity (Wildman–Crippen MR) is 127 cm³/mol. The van der Waals surface area contributed by atoms with Crippen LogP contribution < -0.4 is 5.32 Å². The lowest BCUT2D eigenvalue weighted by Gasteiger charge is -2.13. The number of carbonyl (C=O) groups is 1. The molecular weight excluding hydrogens is 483 g/mol. The summed E-state index contributed by atoms with van der Waals surface area (Å²) in [4.78, 5) is 12.5. The van der Waals surface area contributed by atoms with E-state index in [0.717, 1.165) is 12.1 Å². The highest BCUT2D eigenvalue weighted by Gasteiger charge is 2.30. The van der Waals surface area contributed by atoms with Crippen LogP contribution in [0, 0.1) is 0 Å². The Morgan fingerprint density at radius 1 is 0.750 bits per heavy atom. The average Bonchev–Trinajstić information content (AvgIpc) is 2.86. The molecule has 200 valence electrons. The van der Waals surface area contributed by atoms with Crippen LogP contribution in [0.5, 0.6) is 0 Å². The lowest BCUT2D eigenvalue weighted by molar-refractivity contribution is -0.137. The van der Waals surface area contributed by atoms with Crippen molar-refractivity contribution < 1.29 is 46.4 Å². The topological polar surface area (TPSA) is 84.5 Å². The molecule has 0 aromatic heterocycles. The van der Waals surface area contributed by atoms with Crippen molar-refractivity contribution in [2.24, 2.45) is 0 Å². The second kappa shape index (κ2) is 16.9. The zero-order valence-electron chi connectivity index (χ0n) is 20.2. The summed E-state index contributed by atoms with van der Waals surface area (Å²) in [6, 6.07) is 11.1. The Bertz CT molecular complexity index is 896. The number of halogens is 3. The standard InChI is InChI=1S/C25H32F3NO7/c1-31-9-10-32-11-12-33-13-14-34-15-16-35-17-18-36-24(30)22-7-2-3-8-23(22)29-21-6-4-5-20(19-21)25(26,27)28/h2-8,19,29H,9-18H2,1H3. The van der Waals surface area contributed by atoms with Gasteiger partial charge in [0.05, 0.1) is 76.3 Å². The smallest absolute Gasteiger partial charge is 0.416 e. The normalized spacial score (nSPS) is 11.4. The molecule has 0 heterocycles. The first-order valence-electron chi connectivity index (χ1n) is 11.4. The largest absolute Gasteiger partial charge is 0.460 e. The summed E-state index contributed by atoms with van der Waals surface area (Å²) in [6.07, 6.45) is -4.46. The number of esters is 1. The van der Waals surface area contributed by atoms with E-state index in [2.05, 4.69) is 5.32 Å². The third-order valence-electron chi connectivity index (χ3n) is 4.62. The zero-order chi connectivity index (χ0) is 26.1. The van der Waals surface area contributed by atoms with Crippen LogP contribution in [0.2, 0.25) is 0 Å². The first-order chi connectivity index (χ1) is 17.4. The number of hydrogen-bond acceptors (Lipinski definition) is 8. The van der Waals surface area contributed by atoms with Gasteiger partial charge in [-0.05, 0) is 30.3 Å². The van der Waals surface area contributed by atoms with Crippen molar-refractivity contribution in [3.05, 3.63) is 59.7 Å². The van der Waals surface area contributed by atoms with Crippen LogP contribution in [0.4, 0.5) is 24.5 Å². The van der Waals surface area contributed by atoms with Crippen LogP contribution >= 0.6 is 0 Å². The van der Waals surface area contributed by atoms with E-state index in [1.807, 2.05) is 0 Å². The van der Waals surface area contributed by atoms with Crippen molar-refractivity contribution in [2.75, 3.05) is 78.5 Å². The maximum Gasteiger partial charge on any atom is 0.416 e. The van der Waals surface area contributed by atoms with Gasteiger partial charge in [-0.1, -0.05) is 18.2 Å². The van der Waals surface area contributed by atoms with Gasteiger partial charge in [0.25, 0.3) is 0 Å². The molecule has 8 nitrogen and oxygen atoms in total. The molecular formula is C25H32F3NO7. The molecule has 2 aromatic rings. The average molecular weight is 516 g/mol. The summed E-state index contributed by atoms with van der Waals surface area (Å²) < 4.78 is 70.3. The maximum absolute atomic E-state index is 13.0. The summed E-state index contributed by atoms with van der Waals surface area (Å²) in [6.45, 7) is 3.81. The lowest BCUT2D eigenvalue weighted by Crippen LogP contribution is -2.15. The molecule has 0 saturated heterocycles. The second-order valence-electron chi connectivity index (χ2n) is 7.33. The van der Waals surface area contributed by atoms with Gasteiger partial charge in [0, 0.05) is 12.8 Å². The number of anilines is 2. The van der Waals surface area contributed by atoms with Gasteiger partial charge < -0.3 is 33.7 Å². The third-order valence-corrected chi connectivity index (χ3v) is 4.62. The van der Waals surface area contributed by atoms with Gasteiger partial charge in [-0.25, -0.2) is 4.79 Å². The minimum absolute atomic E-state index is 0.0168. The highest BCUT2D eigenvalue weighted by Crippen LogP contribution is 2.32. The first-order valence-corrected chi connectivity index (χ1v) is 11.4. The summed E-state index contributed by atoms with van der Waals surface area (Å²) in [5, 5.41) is 2.85. The fourth-order valence-electron chi connectivity index (χ4n) is 2.87. The van der Waals surface area contributed by atoms with Crippen molar-refractivity contribution >= 4 is 17.3 Å². The molecule has 0 aliphatic rings. The number of nitrogens with one attached hydrogen (secondary N) is 1. The molecule has 0 aliphatic heterocycles. The highest BCUT2D eigenvalue weighted by atomic mass is 19.4. The first kappa shape index (κ1) is 29.5. The number of para-hydroxylation sites is 1. The Morgan fingerprint density at radius 2 is 1.31 bits per heavy atom. The molecule has 1 N–H and O–H groups in total. The van der Waals surface area contributed by atoms with Crippen molar-refractivity contribution in [3.8, 4) is 0 Å². The van der Waals surface area contributed by atoms with Crippen LogP contribution in [0.1, 0.15) is 15.9 Å². The van der Waals surface area contributed by atoms with E-state index in [1.165, 1.54) is 18.2 Å². The Labute approximate surface area is 208 Å². The van der Waals surface area contributed by atoms with Crippen LogP contribution in [0.15, 0.2) is 48.5 Å². The molecule has 0 fully saturated rings. The number of ether oxygens (including phenoxy) is 6. The number of benzene rings is 2. The Morgan fingerprint density at radius 3 is 1.89 bits per heavy atom. The molecule has 2 aromatic carbocycles. The molecule has 0 spiro atoms. The number of rotatable bonds is 18. The van der Waals surface area contributed by atoms with E-state index in [4.69, 9.17) is 28.4 Å². The number of hydrogen-bond donors (Lipinski definition) is 1. The Balaban J connectivity index is 1.61. The van der Waals surface area contributed by atoms with Crippen molar-refractivity contribution in [2.45, 2.75) is 6.18 Å². The van der Waals surface area contributed by atoms with E-state index in [9.17, 15) is 18.0 Å². The molecule has 0 unspecified atom stereocenters. The van der Waals surface area contributed by atoms with Crippen molar-refractivity contribution in [1.29, 1.82) is 0 Å². The quantitative estimate of drug-likeness (QED) is 0.232. The number of methoxy groups -OCH3 is 1. The number of alkyl halides is 3. The zero-order valence-corrected chi connectivity index (χ0v) is 20.2. The highest BCUT2D eigenvalue weighted by molar-refractivity contribution is 5.96. The van der Waals surface area contributed by atoms with Crippen molar-refractivity contribution in [1.82, 2.24) is 0 Å².